The van der Waals surface area contributed by atoms with Crippen LogP contribution in [0.1, 0.15) is 274 Å². The van der Waals surface area contributed by atoms with Crippen LogP contribution in [0.5, 0.6) is 34.5 Å². The lowest BCUT2D eigenvalue weighted by molar-refractivity contribution is 0.0839. The van der Waals surface area contributed by atoms with Gasteiger partial charge < -0.3 is 29.9 Å². The molecule has 3 aromatic carbocycles. The molecule has 2 heterocycles. The Morgan fingerprint density at radius 1 is 0.560 bits per heavy atom. The summed E-state index contributed by atoms with van der Waals surface area (Å²) in [6, 6.07) is 9.04. The average Bonchev–Trinajstić information content (AvgIpc) is 3.36. The minimum absolute atomic E-state index is 0.0199. The highest BCUT2D eigenvalue weighted by Gasteiger charge is 2.30. The molecule has 426 valence electrons. The van der Waals surface area contributed by atoms with Gasteiger partial charge in [-0.2, -0.15) is 0 Å². The molecule has 0 saturated carbocycles. The first-order chi connectivity index (χ1) is 35.9. The third kappa shape index (κ3) is 27.4. The summed E-state index contributed by atoms with van der Waals surface area (Å²) in [5, 5.41) is 39.6. The van der Waals surface area contributed by atoms with E-state index in [-0.39, 0.29) is 51.2 Å². The number of aldehydes is 1. The van der Waals surface area contributed by atoms with Crippen molar-refractivity contribution in [3.63, 3.8) is 0 Å². The van der Waals surface area contributed by atoms with Gasteiger partial charge in [0.25, 0.3) is 0 Å². The molecule has 0 bridgehead atoms. The largest absolute Gasteiger partial charge is 0.508 e. The zero-order valence-electron chi connectivity index (χ0n) is 47.6. The Labute approximate surface area is 460 Å². The Kier molecular flexibility index (Phi) is 31.7. The van der Waals surface area contributed by atoms with E-state index in [1.54, 1.807) is 12.1 Å². The quantitative estimate of drug-likeness (QED) is 0.0167. The Bertz CT molecular complexity index is 2170. The molecule has 10 nitrogen and oxygen atoms in total. The van der Waals surface area contributed by atoms with Crippen molar-refractivity contribution >= 4 is 33.6 Å². The van der Waals surface area contributed by atoms with Crippen molar-refractivity contribution in [2.45, 2.75) is 277 Å². The highest BCUT2D eigenvalue weighted by atomic mass is 35.5. The number of carbonyl (C=O) groups is 1. The zero-order chi connectivity index (χ0) is 55.0. The second kappa shape index (κ2) is 36.3. The van der Waals surface area contributed by atoms with Crippen molar-refractivity contribution in [3.05, 3.63) is 63.7 Å². The van der Waals surface area contributed by atoms with Crippen LogP contribution >= 0.6 is 11.6 Å². The molecule has 0 atom stereocenters. The number of carbonyl (C=O) groups excluding carboxylic acids is 1. The smallest absolute Gasteiger partial charge is 0.232 e. The Balaban J connectivity index is 0.000000312. The van der Waals surface area contributed by atoms with Crippen LogP contribution in [0.3, 0.4) is 0 Å². The topological polar surface area (TPSA) is 163 Å². The van der Waals surface area contributed by atoms with Crippen LogP contribution < -0.4 is 14.2 Å². The SMILES string of the molecule is CC1(C)CCc2cc(O)c(C=O)cc2O1.CCCCCCCCCCCCCCCCCCS(=O)(=O)Nc1cc(O)ccc1O.CCCCCCCCCCCCCCCCc1cc2c(c(Cl)c1O)CCC(C)(C)O2. The first kappa shape index (κ1) is 65.5. The molecule has 0 saturated heterocycles. The van der Waals surface area contributed by atoms with Gasteiger partial charge in [-0.15, -0.1) is 0 Å². The van der Waals surface area contributed by atoms with Crippen LogP contribution in [0.2, 0.25) is 5.02 Å². The van der Waals surface area contributed by atoms with E-state index in [1.807, 2.05) is 19.9 Å². The molecule has 0 spiro atoms. The summed E-state index contributed by atoms with van der Waals surface area (Å²) in [4.78, 5) is 10.7. The van der Waals surface area contributed by atoms with Gasteiger partial charge in [-0.1, -0.05) is 205 Å². The summed E-state index contributed by atoms with van der Waals surface area (Å²) in [5.41, 5.74) is 2.84. The molecule has 0 amide bonds. The van der Waals surface area contributed by atoms with Crippen LogP contribution in [0.4, 0.5) is 5.69 Å². The third-order valence-electron chi connectivity index (χ3n) is 14.8. The summed E-state index contributed by atoms with van der Waals surface area (Å²) < 4.78 is 38.4. The van der Waals surface area contributed by atoms with Gasteiger partial charge in [0, 0.05) is 11.6 Å². The Morgan fingerprint density at radius 3 is 1.48 bits per heavy atom. The minimum Gasteiger partial charge on any atom is -0.508 e. The van der Waals surface area contributed by atoms with Crippen LogP contribution in [-0.4, -0.2) is 52.1 Å². The maximum Gasteiger partial charge on any atom is 0.232 e. The van der Waals surface area contributed by atoms with E-state index in [1.165, 1.54) is 179 Å². The summed E-state index contributed by atoms with van der Waals surface area (Å²) in [6.07, 6.45) is 44.1. The number of hydrogen-bond donors (Lipinski definition) is 5. The van der Waals surface area contributed by atoms with Gasteiger partial charge in [0.2, 0.25) is 10.0 Å². The van der Waals surface area contributed by atoms with Crippen molar-refractivity contribution in [2.24, 2.45) is 0 Å². The molecule has 0 radical (unpaired) electrons. The summed E-state index contributed by atoms with van der Waals surface area (Å²) in [5.74, 6) is 1.64. The van der Waals surface area contributed by atoms with Crippen molar-refractivity contribution in [1.82, 2.24) is 0 Å². The lowest BCUT2D eigenvalue weighted by Gasteiger charge is -2.33. The van der Waals surface area contributed by atoms with Gasteiger partial charge in [0.05, 0.1) is 22.0 Å². The number of fused-ring (bicyclic) bond motifs is 2. The predicted molar refractivity (Wildman–Crippen MR) is 313 cm³/mol. The molecule has 0 aliphatic carbocycles. The van der Waals surface area contributed by atoms with Crippen molar-refractivity contribution in [3.8, 4) is 34.5 Å². The fraction of sp³-hybridized carbons (Fsp3) is 0.698. The van der Waals surface area contributed by atoms with Crippen molar-refractivity contribution in [2.75, 3.05) is 10.5 Å². The lowest BCUT2D eigenvalue weighted by Crippen LogP contribution is -2.32. The van der Waals surface area contributed by atoms with Gasteiger partial charge >= 0.3 is 0 Å². The number of aryl methyl sites for hydroxylation is 2. The number of phenols is 4. The number of hydrogen-bond acceptors (Lipinski definition) is 9. The van der Waals surface area contributed by atoms with E-state index in [9.17, 15) is 33.6 Å². The number of phenolic OH excluding ortho intramolecular Hbond substituents is 4. The molecule has 0 aromatic heterocycles. The number of halogens is 1. The molecular formula is C63H102ClNO9S. The van der Waals surface area contributed by atoms with Gasteiger partial charge in [-0.05, 0) is 114 Å². The van der Waals surface area contributed by atoms with E-state index < -0.39 is 10.0 Å². The Morgan fingerprint density at radius 2 is 1.00 bits per heavy atom. The molecule has 12 heteroatoms. The number of anilines is 1. The van der Waals surface area contributed by atoms with Crippen molar-refractivity contribution < 1.29 is 43.1 Å². The summed E-state index contributed by atoms with van der Waals surface area (Å²) in [7, 11) is -3.51. The minimum atomic E-state index is -3.51. The number of rotatable bonds is 35. The first-order valence-electron chi connectivity index (χ1n) is 29.7. The number of benzene rings is 3. The molecule has 5 N–H and O–H groups in total. The molecule has 2 aliphatic heterocycles. The van der Waals surface area contributed by atoms with E-state index in [0.29, 0.717) is 23.5 Å². The maximum atomic E-state index is 12.1. The fourth-order valence-corrected chi connectivity index (χ4v) is 11.5. The molecule has 3 aromatic rings. The molecule has 75 heavy (non-hydrogen) atoms. The van der Waals surface area contributed by atoms with E-state index in [0.717, 1.165) is 80.2 Å². The predicted octanol–water partition coefficient (Wildman–Crippen LogP) is 18.6. The monoisotopic (exact) mass is 1080 g/mol. The molecule has 2 aliphatic rings. The van der Waals surface area contributed by atoms with Crippen LogP contribution in [0.25, 0.3) is 0 Å². The lowest BCUT2D eigenvalue weighted by atomic mass is 9.92. The molecular weight excluding hydrogens is 982 g/mol. The van der Waals surface area contributed by atoms with Crippen molar-refractivity contribution in [1.29, 1.82) is 0 Å². The molecule has 0 unspecified atom stereocenters. The average molecular weight is 1090 g/mol. The maximum absolute atomic E-state index is 12.1. The van der Waals surface area contributed by atoms with Crippen LogP contribution in [0, 0.1) is 0 Å². The van der Waals surface area contributed by atoms with E-state index in [2.05, 4.69) is 32.4 Å². The number of unbranched alkanes of at least 4 members (excludes halogenated alkanes) is 28. The van der Waals surface area contributed by atoms with Gasteiger partial charge in [-0.3, -0.25) is 9.52 Å². The second-order valence-corrected chi connectivity index (χ2v) is 25.0. The normalized spacial score (nSPS) is 14.2. The molecule has 5 rings (SSSR count). The summed E-state index contributed by atoms with van der Waals surface area (Å²) >= 11 is 6.44. The van der Waals surface area contributed by atoms with Crippen LogP contribution in [-0.2, 0) is 29.3 Å². The number of sulfonamides is 1. The van der Waals surface area contributed by atoms with Gasteiger partial charge in [0.1, 0.15) is 45.7 Å². The fourth-order valence-electron chi connectivity index (χ4n) is 9.97. The standard InChI is InChI=1S/C27H45ClO2.C24H43NO4S.C12H14O3/c1-4-5-6-7-8-9-10-11-12-13-14-15-16-17-18-22-21-24-23(25(28)26(22)29)19-20-27(2,3)30-24;1-2-3-4-5-6-7-8-9-10-11-12-13-14-15-16-17-20-30(28,29)25-23-21-22(26)18-19-24(23)27;1-12(2)4-3-8-5-10(14)9(7-13)6-11(8)15-12/h21,29H,4-20H2,1-3H3;18-19,21,25-27H,2-17,20H2,1H3;5-7,14H,3-4H2,1-2H3. The number of aromatic hydroxyl groups is 4. The Hall–Kier alpha value is -3.83. The van der Waals surface area contributed by atoms with Gasteiger partial charge in [0.15, 0.2) is 6.29 Å². The number of ether oxygens (including phenoxy) is 2. The summed E-state index contributed by atoms with van der Waals surface area (Å²) in [6.45, 7) is 12.8. The van der Waals surface area contributed by atoms with Gasteiger partial charge in [-0.25, -0.2) is 8.42 Å². The highest BCUT2D eigenvalue weighted by Crippen LogP contribution is 2.44. The second-order valence-electron chi connectivity index (χ2n) is 22.8. The molecule has 0 fully saturated rings. The number of nitrogens with one attached hydrogen (secondary N) is 1. The van der Waals surface area contributed by atoms with E-state index >= 15 is 0 Å². The third-order valence-corrected chi connectivity index (χ3v) is 16.5. The van der Waals surface area contributed by atoms with E-state index in [4.69, 9.17) is 21.1 Å². The zero-order valence-corrected chi connectivity index (χ0v) is 49.2. The first-order valence-corrected chi connectivity index (χ1v) is 31.7. The van der Waals surface area contributed by atoms with Crippen LogP contribution in [0.15, 0.2) is 36.4 Å². The highest BCUT2D eigenvalue weighted by molar-refractivity contribution is 7.92.